The van der Waals surface area contributed by atoms with E-state index in [-0.39, 0.29) is 17.3 Å². The van der Waals surface area contributed by atoms with Gasteiger partial charge in [-0.05, 0) is 30.0 Å². The van der Waals surface area contributed by atoms with Gasteiger partial charge in [-0.15, -0.1) is 0 Å². The SMILES string of the molecule is CC[C@H](O)[C@@H]1C(=O)N2C(C(=O)O)=C(Sc3ccccc3Cc3ccc([N+](=O)[O-])cc3)S[C@H]12. The lowest BCUT2D eigenvalue weighted by atomic mass is 9.90. The van der Waals surface area contributed by atoms with Crippen molar-refractivity contribution in [1.29, 1.82) is 0 Å². The Morgan fingerprint density at radius 2 is 1.94 bits per heavy atom. The minimum atomic E-state index is -1.17. The number of aliphatic hydroxyl groups is 1. The molecule has 0 saturated carbocycles. The Bertz CT molecular complexity index is 1120. The zero-order valence-corrected chi connectivity index (χ0v) is 18.6. The summed E-state index contributed by atoms with van der Waals surface area (Å²) in [6.45, 7) is 1.79. The molecule has 3 atom stereocenters. The molecule has 0 bridgehead atoms. The number of amides is 1. The molecule has 2 aliphatic heterocycles. The van der Waals surface area contributed by atoms with E-state index in [1.165, 1.54) is 40.6 Å². The maximum atomic E-state index is 12.5. The molecule has 10 heteroatoms. The lowest BCUT2D eigenvalue weighted by Crippen LogP contribution is -2.61. The molecule has 32 heavy (non-hydrogen) atoms. The number of nitrogens with zero attached hydrogens (tertiary/aromatic N) is 2. The molecular formula is C22H20N2O6S2. The minimum absolute atomic E-state index is 0.0213. The summed E-state index contributed by atoms with van der Waals surface area (Å²) in [4.78, 5) is 37.0. The molecule has 2 aliphatic rings. The zero-order valence-electron chi connectivity index (χ0n) is 17.0. The van der Waals surface area contributed by atoms with Crippen LogP contribution in [0.15, 0.2) is 63.4 Å². The van der Waals surface area contributed by atoms with Crippen LogP contribution in [-0.4, -0.2) is 43.4 Å². The fraction of sp³-hybridized carbons (Fsp3) is 0.273. The summed E-state index contributed by atoms with van der Waals surface area (Å²) in [5, 5.41) is 30.4. The lowest BCUT2D eigenvalue weighted by molar-refractivity contribution is -0.384. The van der Waals surface area contributed by atoms with E-state index in [9.17, 15) is 29.9 Å². The van der Waals surface area contributed by atoms with Crippen LogP contribution in [0.4, 0.5) is 5.69 Å². The van der Waals surface area contributed by atoms with E-state index in [4.69, 9.17) is 0 Å². The highest BCUT2D eigenvalue weighted by atomic mass is 32.2. The lowest BCUT2D eigenvalue weighted by Gasteiger charge is -2.44. The molecule has 2 aromatic rings. The summed E-state index contributed by atoms with van der Waals surface area (Å²) in [7, 11) is 0. The van der Waals surface area contributed by atoms with Crippen LogP contribution in [0, 0.1) is 16.0 Å². The van der Waals surface area contributed by atoms with Crippen molar-refractivity contribution in [2.24, 2.45) is 5.92 Å². The van der Waals surface area contributed by atoms with Crippen molar-refractivity contribution < 1.29 is 24.7 Å². The third-order valence-electron chi connectivity index (χ3n) is 5.50. The van der Waals surface area contributed by atoms with Gasteiger partial charge in [0.15, 0.2) is 5.70 Å². The average molecular weight is 473 g/mol. The molecule has 2 N–H and O–H groups in total. The number of benzene rings is 2. The number of thioether (sulfide) groups is 2. The number of rotatable bonds is 8. The van der Waals surface area contributed by atoms with Crippen molar-refractivity contribution in [2.45, 2.75) is 36.1 Å². The van der Waals surface area contributed by atoms with Gasteiger partial charge in [0.2, 0.25) is 5.91 Å². The van der Waals surface area contributed by atoms with Crippen LogP contribution in [0.5, 0.6) is 0 Å². The van der Waals surface area contributed by atoms with Gasteiger partial charge in [0.1, 0.15) is 5.37 Å². The molecule has 4 rings (SSSR count). The minimum Gasteiger partial charge on any atom is -0.477 e. The smallest absolute Gasteiger partial charge is 0.354 e. The van der Waals surface area contributed by atoms with Gasteiger partial charge in [-0.3, -0.25) is 19.8 Å². The van der Waals surface area contributed by atoms with Gasteiger partial charge < -0.3 is 10.2 Å². The Labute approximate surface area is 192 Å². The molecule has 1 amide bonds. The normalized spacial score (nSPS) is 20.7. The predicted molar refractivity (Wildman–Crippen MR) is 121 cm³/mol. The van der Waals surface area contributed by atoms with Crippen LogP contribution in [0.25, 0.3) is 0 Å². The quantitative estimate of drug-likeness (QED) is 0.338. The van der Waals surface area contributed by atoms with E-state index in [1.807, 2.05) is 24.3 Å². The molecule has 166 valence electrons. The number of non-ortho nitro benzene ring substituents is 1. The standard InChI is InChI=1S/C22H20N2O6S2/c1-2-15(25)17-19(26)23-18(21(27)28)22(32-20(17)23)31-16-6-4-3-5-13(16)11-12-7-9-14(10-8-12)24(29)30/h3-10,15,17,20,25H,2,11H2,1H3,(H,27,28)/t15-,17+,20+/m0/s1. The topological polar surface area (TPSA) is 121 Å². The first kappa shape index (κ1) is 22.4. The maximum Gasteiger partial charge on any atom is 0.354 e. The number of carboxylic acid groups (broad SMARTS) is 1. The Hall–Kier alpha value is -2.82. The average Bonchev–Trinajstić information content (AvgIpc) is 3.09. The highest BCUT2D eigenvalue weighted by Crippen LogP contribution is 2.55. The first-order chi connectivity index (χ1) is 15.3. The number of hydrogen-bond acceptors (Lipinski definition) is 7. The summed E-state index contributed by atoms with van der Waals surface area (Å²) < 4.78 is 0.512. The van der Waals surface area contributed by atoms with Crippen molar-refractivity contribution in [1.82, 2.24) is 4.90 Å². The molecule has 0 spiro atoms. The molecular weight excluding hydrogens is 452 g/mol. The fourth-order valence-corrected chi connectivity index (χ4v) is 6.72. The number of carbonyl (C=O) groups excluding carboxylic acids is 1. The van der Waals surface area contributed by atoms with E-state index in [0.717, 1.165) is 16.0 Å². The number of carbonyl (C=O) groups is 2. The number of nitro benzene ring substituents is 1. The van der Waals surface area contributed by atoms with E-state index in [1.54, 1.807) is 19.1 Å². The van der Waals surface area contributed by atoms with E-state index in [0.29, 0.717) is 17.1 Å². The van der Waals surface area contributed by atoms with E-state index in [2.05, 4.69) is 0 Å². The molecule has 0 aromatic heterocycles. The summed E-state index contributed by atoms with van der Waals surface area (Å²) >= 11 is 2.59. The van der Waals surface area contributed by atoms with Crippen molar-refractivity contribution in [3.05, 3.63) is 79.7 Å². The van der Waals surface area contributed by atoms with Crippen LogP contribution >= 0.6 is 23.5 Å². The second-order valence-corrected chi connectivity index (χ2v) is 9.91. The monoisotopic (exact) mass is 472 g/mol. The number of carboxylic acids is 1. The molecule has 0 aliphatic carbocycles. The van der Waals surface area contributed by atoms with Gasteiger partial charge in [0, 0.05) is 17.0 Å². The highest BCUT2D eigenvalue weighted by molar-refractivity contribution is 8.22. The Balaban J connectivity index is 1.59. The number of aliphatic hydroxyl groups excluding tert-OH is 1. The highest BCUT2D eigenvalue weighted by Gasteiger charge is 2.58. The summed E-state index contributed by atoms with van der Waals surface area (Å²) in [6, 6.07) is 13.9. The van der Waals surface area contributed by atoms with Crippen LogP contribution < -0.4 is 0 Å². The first-order valence-electron chi connectivity index (χ1n) is 9.96. The van der Waals surface area contributed by atoms with Gasteiger partial charge in [-0.2, -0.15) is 0 Å². The van der Waals surface area contributed by atoms with Crippen LogP contribution in [0.1, 0.15) is 24.5 Å². The van der Waals surface area contributed by atoms with Crippen molar-refractivity contribution in [3.8, 4) is 0 Å². The molecule has 1 fully saturated rings. The molecule has 1 saturated heterocycles. The first-order valence-corrected chi connectivity index (χ1v) is 11.7. The second-order valence-electron chi connectivity index (χ2n) is 7.47. The number of hydrogen-bond donors (Lipinski definition) is 2. The molecule has 2 aromatic carbocycles. The largest absolute Gasteiger partial charge is 0.477 e. The van der Waals surface area contributed by atoms with Crippen LogP contribution in [0.3, 0.4) is 0 Å². The number of aliphatic carboxylic acids is 1. The summed E-state index contributed by atoms with van der Waals surface area (Å²) in [5.74, 6) is -2.13. The summed E-state index contributed by atoms with van der Waals surface area (Å²) in [6.07, 6.45) is 0.139. The molecule has 2 heterocycles. The Morgan fingerprint density at radius 1 is 1.25 bits per heavy atom. The Kier molecular flexibility index (Phi) is 6.27. The summed E-state index contributed by atoms with van der Waals surface area (Å²) in [5.41, 5.74) is 1.81. The van der Waals surface area contributed by atoms with Crippen molar-refractivity contribution in [2.75, 3.05) is 0 Å². The van der Waals surface area contributed by atoms with Crippen molar-refractivity contribution >= 4 is 41.1 Å². The van der Waals surface area contributed by atoms with Gasteiger partial charge in [0.25, 0.3) is 5.69 Å². The third-order valence-corrected chi connectivity index (χ3v) is 8.19. The van der Waals surface area contributed by atoms with Gasteiger partial charge >= 0.3 is 5.97 Å². The maximum absolute atomic E-state index is 12.5. The van der Waals surface area contributed by atoms with E-state index >= 15 is 0 Å². The van der Waals surface area contributed by atoms with Crippen molar-refractivity contribution in [3.63, 3.8) is 0 Å². The second kappa shape index (κ2) is 8.97. The molecule has 0 unspecified atom stereocenters. The number of fused-ring (bicyclic) bond motifs is 1. The van der Waals surface area contributed by atoms with Crippen LogP contribution in [0.2, 0.25) is 0 Å². The van der Waals surface area contributed by atoms with E-state index < -0.39 is 28.3 Å². The molecule has 8 nitrogen and oxygen atoms in total. The Morgan fingerprint density at radius 3 is 2.56 bits per heavy atom. The number of β-lactam (4-membered cyclic amide) rings is 1. The fourth-order valence-electron chi connectivity index (χ4n) is 3.79. The number of nitro groups is 1. The van der Waals surface area contributed by atoms with Gasteiger partial charge in [-0.25, -0.2) is 4.79 Å². The molecule has 0 radical (unpaired) electrons. The predicted octanol–water partition coefficient (Wildman–Crippen LogP) is 3.83. The van der Waals surface area contributed by atoms with Crippen LogP contribution in [-0.2, 0) is 16.0 Å². The third kappa shape index (κ3) is 4.01. The van der Waals surface area contributed by atoms with Gasteiger partial charge in [-0.1, -0.05) is 60.8 Å². The van der Waals surface area contributed by atoms with Gasteiger partial charge in [0.05, 0.1) is 21.2 Å². The zero-order chi connectivity index (χ0) is 23.0.